The predicted octanol–water partition coefficient (Wildman–Crippen LogP) is 1.14. The molecule has 2 rings (SSSR count). The molecule has 1 aliphatic rings. The van der Waals surface area contributed by atoms with E-state index in [9.17, 15) is 0 Å². The molecule has 7 heteroatoms. The van der Waals surface area contributed by atoms with Gasteiger partial charge in [0.05, 0.1) is 6.10 Å². The van der Waals surface area contributed by atoms with E-state index in [2.05, 4.69) is 39.3 Å². The van der Waals surface area contributed by atoms with Gasteiger partial charge in [0.2, 0.25) is 11.9 Å². The van der Waals surface area contributed by atoms with Crippen LogP contribution in [0.1, 0.15) is 33.1 Å². The zero-order valence-corrected chi connectivity index (χ0v) is 12.7. The molecule has 0 spiro atoms. The lowest BCUT2D eigenvalue weighted by Gasteiger charge is -2.47. The number of hydrogen-bond donors (Lipinski definition) is 2. The van der Waals surface area contributed by atoms with Crippen LogP contribution in [-0.2, 0) is 0 Å². The third kappa shape index (κ3) is 3.27. The molecular weight excluding hydrogens is 256 g/mol. The Morgan fingerprint density at radius 3 is 2.50 bits per heavy atom. The molecule has 0 amide bonds. The molecule has 1 aromatic heterocycles. The highest BCUT2D eigenvalue weighted by Crippen LogP contribution is 2.36. The summed E-state index contributed by atoms with van der Waals surface area (Å²) >= 11 is 0. The van der Waals surface area contributed by atoms with E-state index < -0.39 is 0 Å². The van der Waals surface area contributed by atoms with Gasteiger partial charge in [-0.1, -0.05) is 0 Å². The smallest absolute Gasteiger partial charge is 0.323 e. The van der Waals surface area contributed by atoms with Gasteiger partial charge in [-0.25, -0.2) is 0 Å². The number of ether oxygens (including phenoxy) is 1. The summed E-state index contributed by atoms with van der Waals surface area (Å²) in [5, 5.41) is 3.26. The molecule has 1 heterocycles. The molecule has 20 heavy (non-hydrogen) atoms. The van der Waals surface area contributed by atoms with Crippen LogP contribution in [0.5, 0.6) is 6.01 Å². The van der Waals surface area contributed by atoms with Crippen LogP contribution in [0.25, 0.3) is 0 Å². The molecule has 0 unspecified atom stereocenters. The number of nitrogens with zero attached hydrogens (tertiary/aromatic N) is 4. The number of nitrogens with two attached hydrogens (primary N) is 1. The molecule has 0 aromatic carbocycles. The van der Waals surface area contributed by atoms with Crippen LogP contribution in [0.3, 0.4) is 0 Å². The van der Waals surface area contributed by atoms with Crippen LogP contribution in [0, 0.1) is 0 Å². The Hall–Kier alpha value is -1.63. The van der Waals surface area contributed by atoms with Gasteiger partial charge in [-0.05, 0) is 47.2 Å². The van der Waals surface area contributed by atoms with E-state index in [0.717, 1.165) is 6.54 Å². The van der Waals surface area contributed by atoms with Crippen molar-refractivity contribution in [1.29, 1.82) is 0 Å². The van der Waals surface area contributed by atoms with E-state index >= 15 is 0 Å². The molecule has 1 saturated carbocycles. The number of aromatic nitrogens is 3. The average Bonchev–Trinajstić information content (AvgIpc) is 2.24. The molecule has 0 aliphatic heterocycles. The molecule has 112 valence electrons. The Labute approximate surface area is 119 Å². The molecule has 0 radical (unpaired) electrons. The van der Waals surface area contributed by atoms with E-state index in [1.54, 1.807) is 0 Å². The van der Waals surface area contributed by atoms with Crippen LogP contribution in [0.4, 0.5) is 11.9 Å². The fourth-order valence-corrected chi connectivity index (χ4v) is 2.33. The van der Waals surface area contributed by atoms with Crippen LogP contribution in [0.2, 0.25) is 0 Å². The highest BCUT2D eigenvalue weighted by Gasteiger charge is 2.38. The summed E-state index contributed by atoms with van der Waals surface area (Å²) in [5.74, 6) is 0.645. The van der Waals surface area contributed by atoms with Crippen molar-refractivity contribution >= 4 is 11.9 Å². The number of nitrogens with one attached hydrogen (secondary N) is 1. The van der Waals surface area contributed by atoms with Crippen molar-refractivity contribution in [1.82, 2.24) is 19.9 Å². The van der Waals surface area contributed by atoms with E-state index in [-0.39, 0.29) is 23.6 Å². The zero-order valence-electron chi connectivity index (χ0n) is 12.7. The second-order valence-electron chi connectivity index (χ2n) is 5.79. The van der Waals surface area contributed by atoms with Crippen molar-refractivity contribution in [2.45, 2.75) is 44.8 Å². The minimum Gasteiger partial charge on any atom is -0.461 e. The maximum atomic E-state index is 5.69. The van der Waals surface area contributed by atoms with Crippen LogP contribution in [-0.4, -0.2) is 52.1 Å². The van der Waals surface area contributed by atoms with Gasteiger partial charge < -0.3 is 20.7 Å². The monoisotopic (exact) mass is 280 g/mol. The quantitative estimate of drug-likeness (QED) is 0.807. The van der Waals surface area contributed by atoms with Gasteiger partial charge in [0.25, 0.3) is 0 Å². The summed E-state index contributed by atoms with van der Waals surface area (Å²) in [6.45, 7) is 4.63. The van der Waals surface area contributed by atoms with Crippen molar-refractivity contribution in [2.24, 2.45) is 0 Å². The first-order valence-corrected chi connectivity index (χ1v) is 7.01. The normalized spacial score (nSPS) is 17.1. The van der Waals surface area contributed by atoms with E-state index in [4.69, 9.17) is 10.5 Å². The zero-order chi connectivity index (χ0) is 14.8. The van der Waals surface area contributed by atoms with Gasteiger partial charge in [-0.2, -0.15) is 15.0 Å². The summed E-state index contributed by atoms with van der Waals surface area (Å²) in [7, 11) is 4.21. The first kappa shape index (κ1) is 14.8. The Kier molecular flexibility index (Phi) is 4.27. The molecule has 7 nitrogen and oxygen atoms in total. The fraction of sp³-hybridized carbons (Fsp3) is 0.769. The molecule has 1 fully saturated rings. The van der Waals surface area contributed by atoms with Crippen molar-refractivity contribution < 1.29 is 4.74 Å². The molecule has 0 atom stereocenters. The summed E-state index contributed by atoms with van der Waals surface area (Å²) in [4.78, 5) is 14.6. The largest absolute Gasteiger partial charge is 0.461 e. The fourth-order valence-electron chi connectivity index (χ4n) is 2.33. The summed E-state index contributed by atoms with van der Waals surface area (Å²) in [6.07, 6.45) is 3.64. The van der Waals surface area contributed by atoms with Crippen LogP contribution >= 0.6 is 0 Å². The summed E-state index contributed by atoms with van der Waals surface area (Å²) < 4.78 is 5.46. The average molecular weight is 280 g/mol. The topological polar surface area (TPSA) is 89.2 Å². The van der Waals surface area contributed by atoms with E-state index in [1.807, 2.05) is 13.8 Å². The van der Waals surface area contributed by atoms with Gasteiger partial charge in [0, 0.05) is 12.1 Å². The van der Waals surface area contributed by atoms with E-state index in [1.165, 1.54) is 19.3 Å². The molecule has 3 N–H and O–H groups in total. The van der Waals surface area contributed by atoms with Gasteiger partial charge in [-0.3, -0.25) is 0 Å². The summed E-state index contributed by atoms with van der Waals surface area (Å²) in [5.41, 5.74) is 5.88. The highest BCUT2D eigenvalue weighted by atomic mass is 16.5. The SMILES string of the molecule is CC(C)Oc1nc(N)nc(NCC2(N(C)C)CCC2)n1. The highest BCUT2D eigenvalue weighted by molar-refractivity contribution is 5.33. The number of likely N-dealkylation sites (N-methyl/N-ethyl adjacent to an activating group) is 1. The second kappa shape index (κ2) is 5.78. The lowest BCUT2D eigenvalue weighted by molar-refractivity contribution is 0.0737. The maximum absolute atomic E-state index is 5.69. The van der Waals surface area contributed by atoms with Gasteiger partial charge in [0.15, 0.2) is 0 Å². The van der Waals surface area contributed by atoms with Crippen molar-refractivity contribution in [3.8, 4) is 6.01 Å². The van der Waals surface area contributed by atoms with Crippen molar-refractivity contribution in [3.63, 3.8) is 0 Å². The number of rotatable bonds is 6. The van der Waals surface area contributed by atoms with Crippen LogP contribution < -0.4 is 15.8 Å². The molecule has 1 aromatic rings. The Bertz CT molecular complexity index is 458. The molecular formula is C13H24N6O. The summed E-state index contributed by atoms with van der Waals surface area (Å²) in [6, 6.07) is 0.266. The Morgan fingerprint density at radius 2 is 2.00 bits per heavy atom. The van der Waals surface area contributed by atoms with E-state index in [0.29, 0.717) is 5.95 Å². The second-order valence-corrected chi connectivity index (χ2v) is 5.79. The molecule has 0 bridgehead atoms. The molecule has 1 aliphatic carbocycles. The first-order chi connectivity index (χ1) is 9.41. The lowest BCUT2D eigenvalue weighted by atomic mass is 9.75. The Balaban J connectivity index is 2.04. The maximum Gasteiger partial charge on any atom is 0.323 e. The number of hydrogen-bond acceptors (Lipinski definition) is 7. The van der Waals surface area contributed by atoms with Gasteiger partial charge >= 0.3 is 6.01 Å². The van der Waals surface area contributed by atoms with Gasteiger partial charge in [0.1, 0.15) is 0 Å². The Morgan fingerprint density at radius 1 is 1.30 bits per heavy atom. The minimum atomic E-state index is 0.00407. The number of nitrogen functional groups attached to an aromatic ring is 1. The predicted molar refractivity (Wildman–Crippen MR) is 78.8 cm³/mol. The minimum absolute atomic E-state index is 0.00407. The van der Waals surface area contributed by atoms with Gasteiger partial charge in [-0.15, -0.1) is 0 Å². The first-order valence-electron chi connectivity index (χ1n) is 7.01. The van der Waals surface area contributed by atoms with Crippen LogP contribution in [0.15, 0.2) is 0 Å². The standard InChI is InChI=1S/C13H24N6O/c1-9(2)20-12-17-10(14)16-11(18-12)15-8-13(19(3)4)6-5-7-13/h9H,5-8H2,1-4H3,(H3,14,15,16,17,18). The van der Waals surface area contributed by atoms with Crippen molar-refractivity contribution in [2.75, 3.05) is 31.7 Å². The third-order valence-electron chi connectivity index (χ3n) is 3.78. The third-order valence-corrected chi connectivity index (χ3v) is 3.78. The lowest BCUT2D eigenvalue weighted by Crippen LogP contribution is -2.54. The molecule has 0 saturated heterocycles. The van der Waals surface area contributed by atoms with Crippen molar-refractivity contribution in [3.05, 3.63) is 0 Å². The number of anilines is 2.